The summed E-state index contributed by atoms with van der Waals surface area (Å²) in [5.74, 6) is -2.60. The number of anilines is 1. The van der Waals surface area contributed by atoms with Crippen molar-refractivity contribution in [1.82, 2.24) is 10.2 Å². The van der Waals surface area contributed by atoms with Crippen LogP contribution in [0.25, 0.3) is 0 Å². The summed E-state index contributed by atoms with van der Waals surface area (Å²) in [7, 11) is 0. The van der Waals surface area contributed by atoms with E-state index in [1.165, 1.54) is 12.1 Å². The zero-order valence-electron chi connectivity index (χ0n) is 14.4. The van der Waals surface area contributed by atoms with E-state index >= 15 is 0 Å². The van der Waals surface area contributed by atoms with Gasteiger partial charge in [0.1, 0.15) is 11.6 Å². The highest BCUT2D eigenvalue weighted by Gasteiger charge is 2.19. The van der Waals surface area contributed by atoms with E-state index in [1.807, 2.05) is 0 Å². The first-order valence-electron chi connectivity index (χ1n) is 8.51. The van der Waals surface area contributed by atoms with E-state index in [2.05, 4.69) is 10.6 Å². The number of rotatable bonds is 3. The van der Waals surface area contributed by atoms with Gasteiger partial charge in [-0.1, -0.05) is 11.6 Å². The third-order valence-electron chi connectivity index (χ3n) is 4.21. The van der Waals surface area contributed by atoms with Crippen LogP contribution >= 0.6 is 11.6 Å². The van der Waals surface area contributed by atoms with Gasteiger partial charge >= 0.3 is 0 Å². The Morgan fingerprint density at radius 3 is 2.48 bits per heavy atom. The molecule has 1 saturated heterocycles. The van der Waals surface area contributed by atoms with E-state index < -0.39 is 17.5 Å². The highest BCUT2D eigenvalue weighted by Crippen LogP contribution is 2.25. The van der Waals surface area contributed by atoms with E-state index in [0.29, 0.717) is 31.3 Å². The molecule has 1 heterocycles. The van der Waals surface area contributed by atoms with Crippen LogP contribution in [-0.4, -0.2) is 42.9 Å². The smallest absolute Gasteiger partial charge is 0.255 e. The van der Waals surface area contributed by atoms with Gasteiger partial charge in [0.25, 0.3) is 11.8 Å². The zero-order valence-corrected chi connectivity index (χ0v) is 15.2. The van der Waals surface area contributed by atoms with Crippen LogP contribution in [0.3, 0.4) is 0 Å². The molecule has 2 amide bonds. The summed E-state index contributed by atoms with van der Waals surface area (Å²) in [5.41, 5.74) is 0.394. The van der Waals surface area contributed by atoms with Crippen molar-refractivity contribution in [3.8, 4) is 0 Å². The maximum atomic E-state index is 13.3. The molecule has 0 radical (unpaired) electrons. The number of hydrogen-bond donors (Lipinski definition) is 2. The topological polar surface area (TPSA) is 61.4 Å². The van der Waals surface area contributed by atoms with Gasteiger partial charge in [-0.15, -0.1) is 0 Å². The number of hydrogen-bond acceptors (Lipinski definition) is 3. The predicted molar refractivity (Wildman–Crippen MR) is 99.2 cm³/mol. The molecule has 0 aliphatic carbocycles. The number of benzene rings is 2. The largest absolute Gasteiger partial charge is 0.337 e. The average Bonchev–Trinajstić information content (AvgIpc) is 2.91. The van der Waals surface area contributed by atoms with Crippen LogP contribution in [-0.2, 0) is 0 Å². The molecule has 0 bridgehead atoms. The Bertz CT molecular complexity index is 848. The van der Waals surface area contributed by atoms with E-state index in [4.69, 9.17) is 11.6 Å². The Morgan fingerprint density at radius 2 is 1.74 bits per heavy atom. The molecular formula is C19H18ClF2N3O2. The summed E-state index contributed by atoms with van der Waals surface area (Å²) in [4.78, 5) is 26.7. The maximum absolute atomic E-state index is 13.3. The molecule has 0 saturated carbocycles. The van der Waals surface area contributed by atoms with Crippen molar-refractivity contribution in [2.75, 3.05) is 31.5 Å². The Morgan fingerprint density at radius 1 is 1.00 bits per heavy atom. The first-order chi connectivity index (χ1) is 12.9. The minimum atomic E-state index is -0.857. The standard InChI is InChI=1S/C19H18ClF2N3O2/c20-16-3-2-12(19(27)25-6-1-4-23-5-7-25)10-17(16)24-18(26)13-8-14(21)11-15(22)9-13/h2-3,8-11,23H,1,4-7H2,(H,24,26). The van der Waals surface area contributed by atoms with Gasteiger partial charge in [0.15, 0.2) is 0 Å². The van der Waals surface area contributed by atoms with Crippen LogP contribution in [0.5, 0.6) is 0 Å². The molecule has 0 aromatic heterocycles. The molecule has 5 nitrogen and oxygen atoms in total. The van der Waals surface area contributed by atoms with Crippen LogP contribution in [0.1, 0.15) is 27.1 Å². The molecule has 1 aliphatic heterocycles. The van der Waals surface area contributed by atoms with E-state index in [9.17, 15) is 18.4 Å². The van der Waals surface area contributed by atoms with Crippen LogP contribution in [0.2, 0.25) is 5.02 Å². The first kappa shape index (κ1) is 19.3. The van der Waals surface area contributed by atoms with Crippen LogP contribution in [0, 0.1) is 11.6 Å². The third kappa shape index (κ3) is 4.81. The Balaban J connectivity index is 1.80. The van der Waals surface area contributed by atoms with Crippen LogP contribution in [0.15, 0.2) is 36.4 Å². The molecule has 2 N–H and O–H groups in total. The second kappa shape index (κ2) is 8.45. The molecule has 0 spiro atoms. The number of nitrogens with zero attached hydrogens (tertiary/aromatic N) is 1. The van der Waals surface area contributed by atoms with Crippen molar-refractivity contribution in [3.63, 3.8) is 0 Å². The first-order valence-corrected chi connectivity index (χ1v) is 8.89. The highest BCUT2D eigenvalue weighted by atomic mass is 35.5. The summed E-state index contributed by atoms with van der Waals surface area (Å²) >= 11 is 6.11. The van der Waals surface area contributed by atoms with Gasteiger partial charge in [0, 0.05) is 36.8 Å². The van der Waals surface area contributed by atoms with Gasteiger partial charge < -0.3 is 15.5 Å². The minimum absolute atomic E-state index is 0.164. The van der Waals surface area contributed by atoms with Gasteiger partial charge in [-0.3, -0.25) is 9.59 Å². The lowest BCUT2D eigenvalue weighted by Gasteiger charge is -2.20. The predicted octanol–water partition coefficient (Wildman–Crippen LogP) is 3.31. The Hall–Kier alpha value is -2.51. The van der Waals surface area contributed by atoms with E-state index in [1.54, 1.807) is 11.0 Å². The van der Waals surface area contributed by atoms with Crippen molar-refractivity contribution >= 4 is 29.1 Å². The average molecular weight is 394 g/mol. The molecule has 3 rings (SSSR count). The number of carbonyl (C=O) groups excluding carboxylic acids is 2. The molecule has 2 aromatic rings. The number of carbonyl (C=O) groups is 2. The van der Waals surface area contributed by atoms with E-state index in [0.717, 1.165) is 25.1 Å². The molecule has 27 heavy (non-hydrogen) atoms. The summed E-state index contributed by atoms with van der Waals surface area (Å²) in [6, 6.07) is 7.08. The second-order valence-corrected chi connectivity index (χ2v) is 6.61. The summed E-state index contributed by atoms with van der Waals surface area (Å²) < 4.78 is 26.6. The van der Waals surface area contributed by atoms with Crippen molar-refractivity contribution < 1.29 is 18.4 Å². The highest BCUT2D eigenvalue weighted by molar-refractivity contribution is 6.34. The summed E-state index contributed by atoms with van der Waals surface area (Å²) in [5, 5.41) is 5.95. The fraction of sp³-hybridized carbons (Fsp3) is 0.263. The normalized spacial score (nSPS) is 14.6. The summed E-state index contributed by atoms with van der Waals surface area (Å²) in [6.45, 7) is 2.80. The molecule has 0 atom stereocenters. The lowest BCUT2D eigenvalue weighted by atomic mass is 10.1. The van der Waals surface area contributed by atoms with Gasteiger partial charge in [0.2, 0.25) is 0 Å². The number of halogens is 3. The zero-order chi connectivity index (χ0) is 19.4. The quantitative estimate of drug-likeness (QED) is 0.841. The summed E-state index contributed by atoms with van der Waals surface area (Å²) in [6.07, 6.45) is 0.855. The molecule has 1 fully saturated rings. The molecule has 142 valence electrons. The molecule has 1 aliphatic rings. The second-order valence-electron chi connectivity index (χ2n) is 6.20. The van der Waals surface area contributed by atoms with Gasteiger partial charge in [0.05, 0.1) is 10.7 Å². The molecular weight excluding hydrogens is 376 g/mol. The van der Waals surface area contributed by atoms with Gasteiger partial charge in [-0.25, -0.2) is 8.78 Å². The fourth-order valence-corrected chi connectivity index (χ4v) is 3.03. The number of nitrogens with one attached hydrogen (secondary N) is 2. The monoisotopic (exact) mass is 393 g/mol. The molecule has 2 aromatic carbocycles. The van der Waals surface area contributed by atoms with Gasteiger partial charge in [-0.2, -0.15) is 0 Å². The third-order valence-corrected chi connectivity index (χ3v) is 4.54. The lowest BCUT2D eigenvalue weighted by molar-refractivity contribution is 0.0766. The molecule has 8 heteroatoms. The Labute approximate surface area is 160 Å². The SMILES string of the molecule is O=C(Nc1cc(C(=O)N2CCCNCC2)ccc1Cl)c1cc(F)cc(F)c1. The van der Waals surface area contributed by atoms with Crippen LogP contribution < -0.4 is 10.6 Å². The van der Waals surface area contributed by atoms with Crippen molar-refractivity contribution in [3.05, 3.63) is 64.2 Å². The van der Waals surface area contributed by atoms with Crippen molar-refractivity contribution in [2.45, 2.75) is 6.42 Å². The lowest BCUT2D eigenvalue weighted by Crippen LogP contribution is -2.34. The minimum Gasteiger partial charge on any atom is -0.337 e. The molecule has 0 unspecified atom stereocenters. The Kier molecular flexibility index (Phi) is 6.03. The van der Waals surface area contributed by atoms with Crippen LogP contribution in [0.4, 0.5) is 14.5 Å². The number of amides is 2. The van der Waals surface area contributed by atoms with Crippen molar-refractivity contribution in [2.24, 2.45) is 0 Å². The fourth-order valence-electron chi connectivity index (χ4n) is 2.86. The van der Waals surface area contributed by atoms with E-state index in [-0.39, 0.29) is 22.2 Å². The van der Waals surface area contributed by atoms with Crippen molar-refractivity contribution in [1.29, 1.82) is 0 Å². The maximum Gasteiger partial charge on any atom is 0.255 e. The van der Waals surface area contributed by atoms with Gasteiger partial charge in [-0.05, 0) is 43.3 Å².